The van der Waals surface area contributed by atoms with E-state index < -0.39 is 14.5 Å². The second-order valence-electron chi connectivity index (χ2n) is 0.447. The van der Waals surface area contributed by atoms with E-state index in [4.69, 9.17) is 16.0 Å². The minimum absolute atomic E-state index is 0. The maximum Gasteiger partial charge on any atom is 3.00 e. The van der Waals surface area contributed by atoms with Crippen molar-refractivity contribution in [2.45, 2.75) is 0 Å². The molecule has 0 heterocycles. The smallest absolute Gasteiger partial charge is 3.00 e. The van der Waals surface area contributed by atoms with Gasteiger partial charge in [-0.25, -0.2) is 0 Å². The molecule has 0 radical (unpaired) electrons. The molecule has 0 rings (SSSR count). The quantitative estimate of drug-likeness (QED) is 0.420. The minimum Gasteiger partial charge on any atom is 3.00 e. The summed E-state index contributed by atoms with van der Waals surface area (Å²) in [6.45, 7) is 0. The van der Waals surface area contributed by atoms with Crippen molar-refractivity contribution in [1.29, 1.82) is 0 Å². The summed E-state index contributed by atoms with van der Waals surface area (Å²) >= 11 is -5.88. The molecule has 0 saturated carbocycles. The fourth-order valence-corrected chi connectivity index (χ4v) is 0. The van der Waals surface area contributed by atoms with Gasteiger partial charge in [-0.15, -0.1) is 0 Å². The molecule has 0 aromatic carbocycles. The van der Waals surface area contributed by atoms with Gasteiger partial charge in [0.2, 0.25) is 0 Å². The van der Waals surface area contributed by atoms with Crippen LogP contribution in [0.3, 0.4) is 0 Å². The van der Waals surface area contributed by atoms with E-state index in [2.05, 4.69) is 0 Å². The first-order chi connectivity index (χ1) is 2.00. The van der Waals surface area contributed by atoms with Crippen LogP contribution >= 0.6 is 0 Å². The Morgan fingerprint density at radius 1 is 1.17 bits per heavy atom. The summed E-state index contributed by atoms with van der Waals surface area (Å²) in [6.07, 6.45) is 0. The largest absolute Gasteiger partial charge is 3.00 e. The van der Waals surface area contributed by atoms with E-state index in [1.165, 1.54) is 0 Å². The molecular formula is AsHgO4. The Morgan fingerprint density at radius 2 is 1.17 bits per heavy atom. The van der Waals surface area contributed by atoms with Crippen molar-refractivity contribution in [3.63, 3.8) is 0 Å². The van der Waals surface area contributed by atoms with Gasteiger partial charge in [-0.3, -0.25) is 0 Å². The summed E-state index contributed by atoms with van der Waals surface area (Å²) in [4.78, 5) is 0. The molecule has 0 N–H and O–H groups in total. The van der Waals surface area contributed by atoms with Crippen molar-refractivity contribution < 1.29 is 43.7 Å². The molecule has 0 aromatic rings. The van der Waals surface area contributed by atoms with E-state index in [1.807, 2.05) is 0 Å². The molecule has 0 aromatic heterocycles. The van der Waals surface area contributed by atoms with Crippen LogP contribution in [0.5, 0.6) is 0 Å². The number of rotatable bonds is 0. The molecule has 0 aliphatic rings. The average Bonchev–Trinajstić information content (AvgIpc) is 0.722. The van der Waals surface area contributed by atoms with Crippen molar-refractivity contribution in [2.75, 3.05) is 0 Å². The second kappa shape index (κ2) is 3.21. The Balaban J connectivity index is 0. The van der Waals surface area contributed by atoms with Crippen molar-refractivity contribution in [1.82, 2.24) is 0 Å². The average molecular weight is 340 g/mol. The third-order valence-electron chi connectivity index (χ3n) is 0. The molecule has 0 amide bonds. The van der Waals surface area contributed by atoms with Crippen LogP contribution in [0.4, 0.5) is 0 Å². The normalized spacial score (nSPS) is 9.83. The van der Waals surface area contributed by atoms with Crippen LogP contribution in [0.1, 0.15) is 0 Å². The summed E-state index contributed by atoms with van der Waals surface area (Å²) in [5, 5.41) is 0. The van der Waals surface area contributed by atoms with Crippen molar-refractivity contribution in [3.8, 4) is 0 Å². The van der Waals surface area contributed by atoms with Crippen LogP contribution in [-0.2, 0) is 31.4 Å². The van der Waals surface area contributed by atoms with Crippen LogP contribution in [0.2, 0.25) is 0 Å². The van der Waals surface area contributed by atoms with Gasteiger partial charge in [-0.1, -0.05) is 0 Å². The van der Waals surface area contributed by atoms with Gasteiger partial charge >= 0.3 is 58.2 Å². The van der Waals surface area contributed by atoms with Gasteiger partial charge in [0, 0.05) is 0 Å². The zero-order valence-electron chi connectivity index (χ0n) is 2.79. The summed E-state index contributed by atoms with van der Waals surface area (Å²) in [5.41, 5.74) is 0. The van der Waals surface area contributed by atoms with E-state index in [9.17, 15) is 0 Å². The van der Waals surface area contributed by atoms with E-state index in [0.717, 1.165) is 0 Å². The molecule has 0 fully saturated rings. The molecule has 0 aliphatic carbocycles. The van der Waals surface area contributed by atoms with Gasteiger partial charge in [0.25, 0.3) is 0 Å². The molecule has 0 aliphatic heterocycles. The first kappa shape index (κ1) is 10.2. The Morgan fingerprint density at radius 3 is 1.17 bits per heavy atom. The molecular weight excluding hydrogens is 340 g/mol. The van der Waals surface area contributed by atoms with Crippen LogP contribution in [-0.4, -0.2) is 14.5 Å². The van der Waals surface area contributed by atoms with Crippen molar-refractivity contribution in [3.05, 3.63) is 0 Å². The van der Waals surface area contributed by atoms with Crippen LogP contribution < -0.4 is 12.3 Å². The fraction of sp³-hybridized carbons (Fsp3) is 0. The zero-order valence-corrected chi connectivity index (χ0v) is 10.2. The molecule has 0 unspecified atom stereocenters. The van der Waals surface area contributed by atoms with Gasteiger partial charge in [0.05, 0.1) is 0 Å². The predicted octanol–water partition coefficient (Wildman–Crippen LogP) is -4.07. The van der Waals surface area contributed by atoms with Gasteiger partial charge < -0.3 is 0 Å². The molecule has 31 valence electrons. The molecule has 6 heteroatoms. The predicted molar refractivity (Wildman–Crippen MR) is 6.44 cm³/mol. The first-order valence-corrected chi connectivity index (χ1v) is 3.79. The fourth-order valence-electron chi connectivity index (χ4n) is 0. The van der Waals surface area contributed by atoms with Crippen LogP contribution in [0.15, 0.2) is 0 Å². The Bertz CT molecular complexity index is 53.7. The molecule has 6 heavy (non-hydrogen) atoms. The maximum atomic E-state index is 8.61. The number of hydrogen-bond donors (Lipinski definition) is 0. The molecule has 0 bridgehead atoms. The Labute approximate surface area is 58.0 Å². The minimum atomic E-state index is -5.88. The first-order valence-electron chi connectivity index (χ1n) is 0.730. The second-order valence-corrected chi connectivity index (χ2v) is 2.32. The zero-order chi connectivity index (χ0) is 4.50. The molecule has 0 spiro atoms. The Kier molecular flexibility index (Phi) is 5.47. The summed E-state index contributed by atoms with van der Waals surface area (Å²) in [7, 11) is 0. The van der Waals surface area contributed by atoms with E-state index in [1.54, 1.807) is 0 Å². The molecule has 4 nitrogen and oxygen atoms in total. The summed E-state index contributed by atoms with van der Waals surface area (Å²) in [6, 6.07) is 0. The summed E-state index contributed by atoms with van der Waals surface area (Å²) in [5.74, 6) is 0. The SMILES string of the molecule is O=[As]([O-])([O-])[O-].[Hg+3]. The van der Waals surface area contributed by atoms with E-state index in [0.29, 0.717) is 0 Å². The van der Waals surface area contributed by atoms with Gasteiger partial charge in [0.1, 0.15) is 0 Å². The van der Waals surface area contributed by atoms with Crippen LogP contribution in [0.25, 0.3) is 0 Å². The van der Waals surface area contributed by atoms with Gasteiger partial charge in [-0.05, 0) is 0 Å². The molecule has 0 saturated heterocycles. The van der Waals surface area contributed by atoms with Crippen molar-refractivity contribution in [2.24, 2.45) is 0 Å². The van der Waals surface area contributed by atoms with Gasteiger partial charge in [-0.2, -0.15) is 0 Å². The van der Waals surface area contributed by atoms with E-state index in [-0.39, 0.29) is 27.7 Å². The monoisotopic (exact) mass is 341 g/mol. The van der Waals surface area contributed by atoms with E-state index >= 15 is 0 Å². The third-order valence-corrected chi connectivity index (χ3v) is 0. The topological polar surface area (TPSA) is 86.2 Å². The van der Waals surface area contributed by atoms with Gasteiger partial charge in [0.15, 0.2) is 0 Å². The Hall–Kier alpha value is 1.17. The molecule has 0 atom stereocenters. The maximum absolute atomic E-state index is 8.61. The van der Waals surface area contributed by atoms with Crippen LogP contribution in [0, 0.1) is 0 Å². The number of hydrogen-bond acceptors (Lipinski definition) is 4. The standard InChI is InChI=1S/AsH3O4.Hg/c2-1(3,4)5;/h(H3,2,3,4,5);/q;+3/p-3. The summed E-state index contributed by atoms with van der Waals surface area (Å²) < 4.78 is 34.4. The third kappa shape index (κ3) is 65.4. The van der Waals surface area contributed by atoms with Crippen molar-refractivity contribution >= 4 is 14.5 Å².